The average molecular weight is 243 g/mol. The van der Waals surface area contributed by atoms with E-state index in [2.05, 4.69) is 31.1 Å². The molecule has 0 amide bonds. The first-order chi connectivity index (χ1) is 7.39. The van der Waals surface area contributed by atoms with Crippen LogP contribution in [0.4, 0.5) is 0 Å². The maximum Gasteiger partial charge on any atom is 0.304 e. The van der Waals surface area contributed by atoms with Gasteiger partial charge in [0.15, 0.2) is 0 Å². The third kappa shape index (κ3) is 4.47. The standard InChI is InChI=1S/C11H21N3OS/c1-11(2,3)9(12)4-5-13-6-8-7-16-10(15)14-8/h7,9,13H,4-6,12H2,1-3H3,(H,14,15). The molecule has 0 bridgehead atoms. The molecule has 1 aromatic rings. The van der Waals surface area contributed by atoms with E-state index in [0.29, 0.717) is 6.54 Å². The minimum absolute atomic E-state index is 0.00296. The summed E-state index contributed by atoms with van der Waals surface area (Å²) in [5, 5.41) is 5.12. The molecular formula is C11H21N3OS. The maximum absolute atomic E-state index is 10.9. The van der Waals surface area contributed by atoms with Gasteiger partial charge < -0.3 is 16.0 Å². The smallest absolute Gasteiger partial charge is 0.304 e. The van der Waals surface area contributed by atoms with Crippen molar-refractivity contribution in [1.82, 2.24) is 10.3 Å². The molecule has 0 spiro atoms. The summed E-state index contributed by atoms with van der Waals surface area (Å²) in [5.74, 6) is 0. The fourth-order valence-corrected chi connectivity index (χ4v) is 1.90. The lowest BCUT2D eigenvalue weighted by Gasteiger charge is -2.27. The molecule has 0 saturated heterocycles. The highest BCUT2D eigenvalue weighted by atomic mass is 32.1. The molecule has 0 radical (unpaired) electrons. The van der Waals surface area contributed by atoms with Crippen LogP contribution < -0.4 is 15.9 Å². The van der Waals surface area contributed by atoms with Crippen molar-refractivity contribution in [3.05, 3.63) is 20.7 Å². The summed E-state index contributed by atoms with van der Waals surface area (Å²) in [6.45, 7) is 8.02. The third-order valence-corrected chi connectivity index (χ3v) is 3.35. The van der Waals surface area contributed by atoms with E-state index < -0.39 is 0 Å². The van der Waals surface area contributed by atoms with Gasteiger partial charge in [0, 0.05) is 23.7 Å². The van der Waals surface area contributed by atoms with E-state index in [4.69, 9.17) is 5.73 Å². The summed E-state index contributed by atoms with van der Waals surface area (Å²) in [7, 11) is 0. The zero-order valence-corrected chi connectivity index (χ0v) is 11.0. The minimum Gasteiger partial charge on any atom is -0.327 e. The Bertz CT molecular complexity index is 364. The quantitative estimate of drug-likeness (QED) is 0.682. The fourth-order valence-electron chi connectivity index (χ4n) is 1.31. The number of thiazole rings is 1. The number of H-pyrrole nitrogens is 1. The molecule has 4 nitrogen and oxygen atoms in total. The van der Waals surface area contributed by atoms with Gasteiger partial charge in [0.2, 0.25) is 0 Å². The summed E-state index contributed by atoms with van der Waals surface area (Å²) in [4.78, 5) is 13.6. The van der Waals surface area contributed by atoms with Crippen LogP contribution in [0.5, 0.6) is 0 Å². The van der Waals surface area contributed by atoms with Gasteiger partial charge in [-0.05, 0) is 18.4 Å². The molecule has 0 saturated carbocycles. The van der Waals surface area contributed by atoms with Crippen molar-refractivity contribution in [2.45, 2.75) is 39.8 Å². The summed E-state index contributed by atoms with van der Waals surface area (Å²) >= 11 is 1.20. The predicted octanol–water partition coefficient (Wildman–Crippen LogP) is 1.29. The number of aromatic nitrogens is 1. The Kier molecular flexibility index (Phi) is 4.70. The van der Waals surface area contributed by atoms with Gasteiger partial charge in [0.05, 0.1) is 0 Å². The Balaban J connectivity index is 2.20. The summed E-state index contributed by atoms with van der Waals surface area (Å²) in [6, 6.07) is 0.196. The van der Waals surface area contributed by atoms with Crippen LogP contribution in [0.15, 0.2) is 10.2 Å². The van der Waals surface area contributed by atoms with Crippen LogP contribution in [0.25, 0.3) is 0 Å². The van der Waals surface area contributed by atoms with E-state index in [0.717, 1.165) is 18.7 Å². The van der Waals surface area contributed by atoms with Crippen LogP contribution in [-0.2, 0) is 6.54 Å². The first kappa shape index (κ1) is 13.4. The van der Waals surface area contributed by atoms with Crippen LogP contribution in [0, 0.1) is 5.41 Å². The zero-order valence-electron chi connectivity index (χ0n) is 10.2. The number of aromatic amines is 1. The van der Waals surface area contributed by atoms with Gasteiger partial charge in [0.1, 0.15) is 0 Å². The van der Waals surface area contributed by atoms with E-state index in [9.17, 15) is 4.79 Å². The summed E-state index contributed by atoms with van der Waals surface area (Å²) < 4.78 is 0. The number of nitrogens with one attached hydrogen (secondary N) is 2. The number of hydrogen-bond donors (Lipinski definition) is 3. The van der Waals surface area contributed by atoms with Crippen molar-refractivity contribution in [2.24, 2.45) is 11.1 Å². The Morgan fingerprint density at radius 2 is 2.25 bits per heavy atom. The van der Waals surface area contributed by atoms with Crippen LogP contribution >= 0.6 is 11.3 Å². The molecule has 0 aliphatic heterocycles. The molecular weight excluding hydrogens is 222 g/mol. The van der Waals surface area contributed by atoms with Crippen LogP contribution in [0.2, 0.25) is 0 Å². The average Bonchev–Trinajstić information content (AvgIpc) is 2.57. The summed E-state index contributed by atoms with van der Waals surface area (Å²) in [6.07, 6.45) is 0.942. The molecule has 0 fully saturated rings. The molecule has 16 heavy (non-hydrogen) atoms. The predicted molar refractivity (Wildman–Crippen MR) is 68.7 cm³/mol. The Hall–Kier alpha value is -0.650. The van der Waals surface area contributed by atoms with Gasteiger partial charge in [-0.15, -0.1) is 0 Å². The molecule has 0 aliphatic carbocycles. The van der Waals surface area contributed by atoms with Crippen LogP contribution in [-0.4, -0.2) is 17.6 Å². The number of rotatable bonds is 5. The van der Waals surface area contributed by atoms with Gasteiger partial charge in [-0.2, -0.15) is 0 Å². The molecule has 1 rings (SSSR count). The van der Waals surface area contributed by atoms with Crippen molar-refractivity contribution in [3.63, 3.8) is 0 Å². The Labute approximate surface area is 100 Å². The lowest BCUT2D eigenvalue weighted by atomic mass is 9.85. The van der Waals surface area contributed by atoms with Gasteiger partial charge in [-0.1, -0.05) is 32.1 Å². The van der Waals surface area contributed by atoms with E-state index in [1.165, 1.54) is 11.3 Å². The normalized spacial score (nSPS) is 14.0. The SMILES string of the molecule is CC(C)(C)C(N)CCNCc1csc(=O)[nH]1. The second-order valence-corrected chi connectivity index (χ2v) is 5.95. The van der Waals surface area contributed by atoms with Gasteiger partial charge in [0.25, 0.3) is 0 Å². The highest BCUT2D eigenvalue weighted by molar-refractivity contribution is 7.07. The highest BCUT2D eigenvalue weighted by Gasteiger charge is 2.19. The van der Waals surface area contributed by atoms with E-state index in [1.807, 2.05) is 5.38 Å². The molecule has 0 aromatic carbocycles. The molecule has 92 valence electrons. The van der Waals surface area contributed by atoms with Crippen LogP contribution in [0.3, 0.4) is 0 Å². The van der Waals surface area contributed by atoms with Crippen molar-refractivity contribution in [3.8, 4) is 0 Å². The van der Waals surface area contributed by atoms with Crippen molar-refractivity contribution < 1.29 is 0 Å². The van der Waals surface area contributed by atoms with Gasteiger partial charge in [-0.25, -0.2) is 0 Å². The van der Waals surface area contributed by atoms with Gasteiger partial charge in [-0.3, -0.25) is 4.79 Å². The second kappa shape index (κ2) is 5.61. The Morgan fingerprint density at radius 3 is 2.75 bits per heavy atom. The highest BCUT2D eigenvalue weighted by Crippen LogP contribution is 2.19. The maximum atomic E-state index is 10.9. The molecule has 1 heterocycles. The van der Waals surface area contributed by atoms with Crippen molar-refractivity contribution >= 4 is 11.3 Å². The van der Waals surface area contributed by atoms with E-state index in [-0.39, 0.29) is 16.3 Å². The second-order valence-electron chi connectivity index (χ2n) is 5.11. The molecule has 1 unspecified atom stereocenters. The molecule has 5 heteroatoms. The first-order valence-electron chi connectivity index (χ1n) is 5.52. The zero-order chi connectivity index (χ0) is 12.2. The lowest BCUT2D eigenvalue weighted by molar-refractivity contribution is 0.302. The summed E-state index contributed by atoms with van der Waals surface area (Å²) in [5.41, 5.74) is 7.13. The van der Waals surface area contributed by atoms with Gasteiger partial charge >= 0.3 is 4.87 Å². The Morgan fingerprint density at radius 1 is 1.56 bits per heavy atom. The van der Waals surface area contributed by atoms with E-state index in [1.54, 1.807) is 0 Å². The van der Waals surface area contributed by atoms with Crippen LogP contribution in [0.1, 0.15) is 32.9 Å². The lowest BCUT2D eigenvalue weighted by Crippen LogP contribution is -2.37. The fraction of sp³-hybridized carbons (Fsp3) is 0.727. The first-order valence-corrected chi connectivity index (χ1v) is 6.40. The molecule has 4 N–H and O–H groups in total. The van der Waals surface area contributed by atoms with Crippen molar-refractivity contribution in [1.29, 1.82) is 0 Å². The minimum atomic E-state index is 0.00296. The number of hydrogen-bond acceptors (Lipinski definition) is 4. The largest absolute Gasteiger partial charge is 0.327 e. The van der Waals surface area contributed by atoms with Crippen molar-refractivity contribution in [2.75, 3.05) is 6.54 Å². The monoisotopic (exact) mass is 243 g/mol. The number of nitrogens with two attached hydrogens (primary N) is 1. The molecule has 1 aromatic heterocycles. The third-order valence-electron chi connectivity index (χ3n) is 2.63. The molecule has 1 atom stereocenters. The topological polar surface area (TPSA) is 70.9 Å². The molecule has 0 aliphatic rings. The van der Waals surface area contributed by atoms with E-state index >= 15 is 0 Å².